The standard InChI is InChI=1S/C16H25BrN2O2.ClH/c1-4-7-19(13-5-6-18-10-13)11-12-8-15(20-2)16(21-3)9-14(12)17;/h8-9,13,18H,4-7,10-11H2,1-3H3;1H. The van der Waals surface area contributed by atoms with Crippen molar-refractivity contribution >= 4 is 28.3 Å². The van der Waals surface area contributed by atoms with Crippen molar-refractivity contribution in [2.24, 2.45) is 0 Å². The molecule has 1 aromatic rings. The fourth-order valence-electron chi connectivity index (χ4n) is 2.87. The minimum Gasteiger partial charge on any atom is -0.493 e. The summed E-state index contributed by atoms with van der Waals surface area (Å²) in [6.07, 6.45) is 2.40. The smallest absolute Gasteiger partial charge is 0.161 e. The van der Waals surface area contributed by atoms with Crippen molar-refractivity contribution in [3.05, 3.63) is 22.2 Å². The number of halogens is 2. The molecule has 2 rings (SSSR count). The Labute approximate surface area is 148 Å². The van der Waals surface area contributed by atoms with Crippen LogP contribution in [0.1, 0.15) is 25.3 Å². The van der Waals surface area contributed by atoms with Crippen LogP contribution in [0.4, 0.5) is 0 Å². The van der Waals surface area contributed by atoms with E-state index in [4.69, 9.17) is 9.47 Å². The van der Waals surface area contributed by atoms with Crippen molar-refractivity contribution < 1.29 is 9.47 Å². The second-order valence-corrected chi connectivity index (χ2v) is 6.27. The number of hydrogen-bond acceptors (Lipinski definition) is 4. The number of nitrogens with one attached hydrogen (secondary N) is 1. The highest BCUT2D eigenvalue weighted by Gasteiger charge is 2.23. The van der Waals surface area contributed by atoms with Gasteiger partial charge in [-0.05, 0) is 43.6 Å². The van der Waals surface area contributed by atoms with E-state index in [2.05, 4.69) is 39.1 Å². The molecule has 0 saturated carbocycles. The van der Waals surface area contributed by atoms with E-state index in [1.807, 2.05) is 6.07 Å². The monoisotopic (exact) mass is 392 g/mol. The lowest BCUT2D eigenvalue weighted by atomic mass is 10.1. The molecule has 1 atom stereocenters. The first-order chi connectivity index (χ1) is 10.2. The van der Waals surface area contributed by atoms with Gasteiger partial charge in [-0.25, -0.2) is 0 Å². The Bertz CT molecular complexity index is 468. The molecule has 6 heteroatoms. The van der Waals surface area contributed by atoms with Crippen LogP contribution in [-0.2, 0) is 6.54 Å². The third-order valence-electron chi connectivity index (χ3n) is 3.99. The summed E-state index contributed by atoms with van der Waals surface area (Å²) in [5.74, 6) is 1.55. The molecule has 1 aliphatic rings. The van der Waals surface area contributed by atoms with Gasteiger partial charge in [-0.2, -0.15) is 0 Å². The van der Waals surface area contributed by atoms with E-state index in [1.165, 1.54) is 18.4 Å². The molecule has 1 N–H and O–H groups in total. The first-order valence-electron chi connectivity index (χ1n) is 7.54. The third-order valence-corrected chi connectivity index (χ3v) is 4.73. The molecule has 1 saturated heterocycles. The molecule has 0 radical (unpaired) electrons. The molecule has 0 amide bonds. The molecule has 1 aromatic carbocycles. The molecule has 1 heterocycles. The molecular weight excluding hydrogens is 368 g/mol. The van der Waals surface area contributed by atoms with E-state index in [1.54, 1.807) is 14.2 Å². The maximum atomic E-state index is 5.42. The Morgan fingerprint density at radius 3 is 2.50 bits per heavy atom. The van der Waals surface area contributed by atoms with Crippen molar-refractivity contribution in [3.8, 4) is 11.5 Å². The maximum absolute atomic E-state index is 5.42. The summed E-state index contributed by atoms with van der Waals surface area (Å²) in [4.78, 5) is 2.56. The Morgan fingerprint density at radius 2 is 1.95 bits per heavy atom. The van der Waals surface area contributed by atoms with Gasteiger partial charge in [-0.3, -0.25) is 4.90 Å². The van der Waals surface area contributed by atoms with Crippen LogP contribution in [0.25, 0.3) is 0 Å². The van der Waals surface area contributed by atoms with Crippen LogP contribution in [0.2, 0.25) is 0 Å². The number of hydrogen-bond donors (Lipinski definition) is 1. The van der Waals surface area contributed by atoms with Crippen molar-refractivity contribution in [1.29, 1.82) is 0 Å². The SMILES string of the molecule is CCCN(Cc1cc(OC)c(OC)cc1Br)C1CCNC1.Cl. The van der Waals surface area contributed by atoms with Crippen molar-refractivity contribution in [1.82, 2.24) is 10.2 Å². The van der Waals surface area contributed by atoms with Gasteiger partial charge in [0.1, 0.15) is 0 Å². The van der Waals surface area contributed by atoms with Gasteiger partial charge in [0.15, 0.2) is 11.5 Å². The lowest BCUT2D eigenvalue weighted by Crippen LogP contribution is -2.37. The predicted molar refractivity (Wildman–Crippen MR) is 96.5 cm³/mol. The number of benzene rings is 1. The predicted octanol–water partition coefficient (Wildman–Crippen LogP) is 3.46. The number of methoxy groups -OCH3 is 2. The molecule has 0 aromatic heterocycles. The van der Waals surface area contributed by atoms with Gasteiger partial charge in [-0.1, -0.05) is 22.9 Å². The minimum atomic E-state index is 0. The average Bonchev–Trinajstić information content (AvgIpc) is 3.02. The van der Waals surface area contributed by atoms with E-state index >= 15 is 0 Å². The second kappa shape index (κ2) is 9.60. The number of ether oxygens (including phenoxy) is 2. The summed E-state index contributed by atoms with van der Waals surface area (Å²) >= 11 is 3.66. The molecule has 0 aliphatic carbocycles. The van der Waals surface area contributed by atoms with Gasteiger partial charge in [0.25, 0.3) is 0 Å². The third kappa shape index (κ3) is 4.75. The topological polar surface area (TPSA) is 33.7 Å². The quantitative estimate of drug-likeness (QED) is 0.769. The molecule has 22 heavy (non-hydrogen) atoms. The highest BCUT2D eigenvalue weighted by molar-refractivity contribution is 9.10. The van der Waals surface area contributed by atoms with Gasteiger partial charge >= 0.3 is 0 Å². The van der Waals surface area contributed by atoms with E-state index in [0.29, 0.717) is 6.04 Å². The van der Waals surface area contributed by atoms with E-state index in [-0.39, 0.29) is 12.4 Å². The summed E-state index contributed by atoms with van der Waals surface area (Å²) < 4.78 is 11.8. The molecule has 4 nitrogen and oxygen atoms in total. The van der Waals surface area contributed by atoms with Crippen LogP contribution in [-0.4, -0.2) is 44.8 Å². The summed E-state index contributed by atoms with van der Waals surface area (Å²) in [7, 11) is 3.35. The number of rotatable bonds is 7. The van der Waals surface area contributed by atoms with Crippen LogP contribution >= 0.6 is 28.3 Å². The molecule has 126 valence electrons. The van der Waals surface area contributed by atoms with Crippen molar-refractivity contribution in [2.45, 2.75) is 32.4 Å². The Morgan fingerprint density at radius 1 is 1.27 bits per heavy atom. The van der Waals surface area contributed by atoms with Gasteiger partial charge in [0.2, 0.25) is 0 Å². The van der Waals surface area contributed by atoms with E-state index < -0.39 is 0 Å². The fourth-order valence-corrected chi connectivity index (χ4v) is 3.31. The molecule has 1 aliphatic heterocycles. The number of nitrogens with zero attached hydrogens (tertiary/aromatic N) is 1. The van der Waals surface area contributed by atoms with Crippen LogP contribution in [0.15, 0.2) is 16.6 Å². The van der Waals surface area contributed by atoms with Crippen LogP contribution in [0, 0.1) is 0 Å². The van der Waals surface area contributed by atoms with Crippen molar-refractivity contribution in [3.63, 3.8) is 0 Å². The molecule has 1 fully saturated rings. The first kappa shape index (κ1) is 19.6. The Hall–Kier alpha value is -0.490. The van der Waals surface area contributed by atoms with Crippen LogP contribution < -0.4 is 14.8 Å². The van der Waals surface area contributed by atoms with Crippen molar-refractivity contribution in [2.75, 3.05) is 33.9 Å². The summed E-state index contributed by atoms with van der Waals surface area (Å²) in [5, 5.41) is 3.45. The van der Waals surface area contributed by atoms with Crippen LogP contribution in [0.5, 0.6) is 11.5 Å². The molecule has 0 bridgehead atoms. The summed E-state index contributed by atoms with van der Waals surface area (Å²) in [6.45, 7) is 6.50. The zero-order chi connectivity index (χ0) is 15.2. The van der Waals surface area contributed by atoms with E-state index in [9.17, 15) is 0 Å². The fraction of sp³-hybridized carbons (Fsp3) is 0.625. The Kier molecular flexibility index (Phi) is 8.54. The molecular formula is C16H26BrClN2O2. The largest absolute Gasteiger partial charge is 0.493 e. The normalized spacial score (nSPS) is 17.4. The molecule has 1 unspecified atom stereocenters. The van der Waals surface area contributed by atoms with Gasteiger partial charge in [0, 0.05) is 23.6 Å². The van der Waals surface area contributed by atoms with E-state index in [0.717, 1.165) is 42.2 Å². The van der Waals surface area contributed by atoms with Gasteiger partial charge in [-0.15, -0.1) is 12.4 Å². The second-order valence-electron chi connectivity index (χ2n) is 5.42. The maximum Gasteiger partial charge on any atom is 0.161 e. The average molecular weight is 394 g/mol. The first-order valence-corrected chi connectivity index (χ1v) is 8.34. The van der Waals surface area contributed by atoms with Gasteiger partial charge < -0.3 is 14.8 Å². The lowest BCUT2D eigenvalue weighted by Gasteiger charge is -2.28. The summed E-state index contributed by atoms with van der Waals surface area (Å²) in [6, 6.07) is 4.70. The highest BCUT2D eigenvalue weighted by Crippen LogP contribution is 2.34. The van der Waals surface area contributed by atoms with Crippen LogP contribution in [0.3, 0.4) is 0 Å². The molecule has 0 spiro atoms. The zero-order valence-corrected chi connectivity index (χ0v) is 15.9. The minimum absolute atomic E-state index is 0. The summed E-state index contributed by atoms with van der Waals surface area (Å²) in [5.41, 5.74) is 1.24. The van der Waals surface area contributed by atoms with Gasteiger partial charge in [0.05, 0.1) is 14.2 Å². The lowest BCUT2D eigenvalue weighted by molar-refractivity contribution is 0.199. The highest BCUT2D eigenvalue weighted by atomic mass is 79.9. The Balaban J connectivity index is 0.00000242. The zero-order valence-electron chi connectivity index (χ0n) is 13.5.